The van der Waals surface area contributed by atoms with Gasteiger partial charge in [-0.05, 0) is 25.1 Å². The molecule has 0 amide bonds. The summed E-state index contributed by atoms with van der Waals surface area (Å²) in [5, 5.41) is 7.65. The fourth-order valence-corrected chi connectivity index (χ4v) is 2.45. The highest BCUT2D eigenvalue weighted by Crippen LogP contribution is 2.19. The van der Waals surface area contributed by atoms with Gasteiger partial charge in [-0.2, -0.15) is 5.10 Å². The molecule has 0 aliphatic carbocycles. The molecule has 2 aromatic rings. The van der Waals surface area contributed by atoms with Crippen LogP contribution in [-0.4, -0.2) is 28.4 Å². The summed E-state index contributed by atoms with van der Waals surface area (Å²) < 4.78 is 1.83. The summed E-state index contributed by atoms with van der Waals surface area (Å²) >= 11 is 0. The van der Waals surface area contributed by atoms with Gasteiger partial charge in [-0.1, -0.05) is 13.8 Å². The molecule has 0 aromatic carbocycles. The minimum Gasteiger partial charge on any atom is -0.369 e. The van der Waals surface area contributed by atoms with Crippen LogP contribution in [0.25, 0.3) is 0 Å². The molecule has 0 bridgehead atoms. The monoisotopic (exact) mass is 287 g/mol. The number of anilines is 1. The lowest BCUT2D eigenvalue weighted by molar-refractivity contribution is 0.525. The quantitative estimate of drug-likeness (QED) is 0.850. The second kappa shape index (κ2) is 7.22. The number of rotatable bonds is 7. The van der Waals surface area contributed by atoms with Crippen molar-refractivity contribution in [2.75, 3.05) is 18.5 Å². The average molecular weight is 287 g/mol. The second-order valence-electron chi connectivity index (χ2n) is 5.34. The molecule has 21 heavy (non-hydrogen) atoms. The number of nitrogens with zero attached hydrogens (tertiary/aromatic N) is 4. The zero-order chi connectivity index (χ0) is 15.2. The van der Waals surface area contributed by atoms with Crippen molar-refractivity contribution < 1.29 is 0 Å². The Morgan fingerprint density at radius 1 is 1.29 bits per heavy atom. The fraction of sp³-hybridized carbons (Fsp3) is 0.500. The Morgan fingerprint density at radius 2 is 2.10 bits per heavy atom. The fourth-order valence-electron chi connectivity index (χ4n) is 2.45. The molecule has 2 aromatic heterocycles. The Hall–Kier alpha value is -1.88. The molecule has 1 N–H and O–H groups in total. The van der Waals surface area contributed by atoms with Crippen molar-refractivity contribution in [3.8, 4) is 0 Å². The Morgan fingerprint density at radius 3 is 2.62 bits per heavy atom. The van der Waals surface area contributed by atoms with Crippen LogP contribution in [0.15, 0.2) is 30.7 Å². The van der Waals surface area contributed by atoms with Crippen molar-refractivity contribution in [2.24, 2.45) is 7.05 Å². The van der Waals surface area contributed by atoms with Crippen LogP contribution in [0.1, 0.15) is 37.6 Å². The van der Waals surface area contributed by atoms with Crippen LogP contribution < -0.4 is 10.2 Å². The average Bonchev–Trinajstić information content (AvgIpc) is 2.90. The lowest BCUT2D eigenvalue weighted by Crippen LogP contribution is -2.21. The molecular weight excluding hydrogens is 262 g/mol. The number of hydrogen-bond donors (Lipinski definition) is 1. The lowest BCUT2D eigenvalue weighted by atomic mass is 10.1. The predicted octanol–water partition coefficient (Wildman–Crippen LogP) is 2.51. The maximum atomic E-state index is 4.61. The molecule has 1 atom stereocenters. The van der Waals surface area contributed by atoms with E-state index in [0.717, 1.165) is 30.9 Å². The molecule has 2 heterocycles. The molecule has 5 heteroatoms. The third kappa shape index (κ3) is 4.04. The Balaban J connectivity index is 2.03. The van der Waals surface area contributed by atoms with E-state index in [4.69, 9.17) is 0 Å². The highest BCUT2D eigenvalue weighted by atomic mass is 15.2. The van der Waals surface area contributed by atoms with Crippen molar-refractivity contribution in [3.63, 3.8) is 0 Å². The summed E-state index contributed by atoms with van der Waals surface area (Å²) in [7, 11) is 4.01. The van der Waals surface area contributed by atoms with E-state index < -0.39 is 0 Å². The first-order chi connectivity index (χ1) is 10.1. The zero-order valence-electron chi connectivity index (χ0n) is 13.4. The molecule has 2 rings (SSSR count). The first-order valence-corrected chi connectivity index (χ1v) is 7.52. The molecule has 1 unspecified atom stereocenters. The van der Waals surface area contributed by atoms with Gasteiger partial charge in [0.05, 0.1) is 23.8 Å². The molecule has 0 saturated heterocycles. The minimum absolute atomic E-state index is 0.340. The first kappa shape index (κ1) is 15.5. The van der Waals surface area contributed by atoms with Gasteiger partial charge in [-0.3, -0.25) is 9.67 Å². The molecule has 0 spiro atoms. The third-order valence-corrected chi connectivity index (χ3v) is 3.61. The van der Waals surface area contributed by atoms with Crippen molar-refractivity contribution in [1.29, 1.82) is 0 Å². The Bertz CT molecular complexity index is 546. The number of hydrogen-bond acceptors (Lipinski definition) is 4. The molecule has 0 radical (unpaired) electrons. The van der Waals surface area contributed by atoms with Crippen LogP contribution in [0.3, 0.4) is 0 Å². The van der Waals surface area contributed by atoms with Crippen molar-refractivity contribution in [3.05, 3.63) is 42.0 Å². The van der Waals surface area contributed by atoms with E-state index in [1.807, 2.05) is 30.3 Å². The van der Waals surface area contributed by atoms with Gasteiger partial charge in [0.15, 0.2) is 0 Å². The van der Waals surface area contributed by atoms with Gasteiger partial charge in [-0.15, -0.1) is 0 Å². The normalized spacial score (nSPS) is 12.4. The lowest BCUT2D eigenvalue weighted by Gasteiger charge is -2.20. The summed E-state index contributed by atoms with van der Waals surface area (Å²) in [6.45, 7) is 6.10. The zero-order valence-corrected chi connectivity index (χ0v) is 13.4. The van der Waals surface area contributed by atoms with Gasteiger partial charge in [0.2, 0.25) is 0 Å². The van der Waals surface area contributed by atoms with Crippen LogP contribution in [0.2, 0.25) is 0 Å². The SMILES string of the molecule is CCNC(CC)c1ccc(N(C)Cc2cnn(C)c2)cn1. The maximum Gasteiger partial charge on any atom is 0.0574 e. The van der Waals surface area contributed by atoms with E-state index >= 15 is 0 Å². The summed E-state index contributed by atoms with van der Waals surface area (Å²) in [4.78, 5) is 6.79. The molecule has 0 aliphatic heterocycles. The van der Waals surface area contributed by atoms with E-state index in [1.165, 1.54) is 5.56 Å². The molecule has 0 fully saturated rings. The highest BCUT2D eigenvalue weighted by molar-refractivity contribution is 5.44. The molecule has 0 saturated carbocycles. The van der Waals surface area contributed by atoms with Crippen LogP contribution in [0.4, 0.5) is 5.69 Å². The molecule has 5 nitrogen and oxygen atoms in total. The van der Waals surface area contributed by atoms with E-state index in [1.54, 1.807) is 0 Å². The largest absolute Gasteiger partial charge is 0.369 e. The summed E-state index contributed by atoms with van der Waals surface area (Å²) in [5.74, 6) is 0. The van der Waals surface area contributed by atoms with Crippen LogP contribution in [-0.2, 0) is 13.6 Å². The van der Waals surface area contributed by atoms with Crippen LogP contribution in [0.5, 0.6) is 0 Å². The Labute approximate surface area is 127 Å². The van der Waals surface area contributed by atoms with E-state index in [2.05, 4.69) is 53.3 Å². The number of aryl methyl sites for hydroxylation is 1. The summed E-state index contributed by atoms with van der Waals surface area (Å²) in [5.41, 5.74) is 3.43. The van der Waals surface area contributed by atoms with Gasteiger partial charge < -0.3 is 10.2 Å². The van der Waals surface area contributed by atoms with Gasteiger partial charge in [-0.25, -0.2) is 0 Å². The van der Waals surface area contributed by atoms with Gasteiger partial charge in [0, 0.05) is 38.4 Å². The smallest absolute Gasteiger partial charge is 0.0574 e. The van der Waals surface area contributed by atoms with Gasteiger partial charge >= 0.3 is 0 Å². The standard InChI is InChI=1S/C16H25N5/c1-5-15(17-6-2)16-8-7-14(10-18-16)20(3)11-13-9-19-21(4)12-13/h7-10,12,15,17H,5-6,11H2,1-4H3. The van der Waals surface area contributed by atoms with Crippen molar-refractivity contribution in [1.82, 2.24) is 20.1 Å². The maximum absolute atomic E-state index is 4.61. The molecular formula is C16H25N5. The number of aromatic nitrogens is 3. The van der Waals surface area contributed by atoms with Crippen molar-refractivity contribution >= 4 is 5.69 Å². The number of pyridine rings is 1. The number of nitrogens with one attached hydrogen (secondary N) is 1. The summed E-state index contributed by atoms with van der Waals surface area (Å²) in [6.07, 6.45) is 6.94. The Kier molecular flexibility index (Phi) is 5.33. The van der Waals surface area contributed by atoms with E-state index in [-0.39, 0.29) is 0 Å². The van der Waals surface area contributed by atoms with Gasteiger partial charge in [0.1, 0.15) is 0 Å². The highest BCUT2D eigenvalue weighted by Gasteiger charge is 2.10. The molecule has 0 aliphatic rings. The third-order valence-electron chi connectivity index (χ3n) is 3.61. The topological polar surface area (TPSA) is 46.0 Å². The predicted molar refractivity (Wildman–Crippen MR) is 86.3 cm³/mol. The molecule has 114 valence electrons. The van der Waals surface area contributed by atoms with Crippen molar-refractivity contribution in [2.45, 2.75) is 32.9 Å². The summed E-state index contributed by atoms with van der Waals surface area (Å²) in [6, 6.07) is 4.60. The second-order valence-corrected chi connectivity index (χ2v) is 5.34. The van der Waals surface area contributed by atoms with Crippen LogP contribution in [0, 0.1) is 0 Å². The minimum atomic E-state index is 0.340. The van der Waals surface area contributed by atoms with E-state index in [9.17, 15) is 0 Å². The van der Waals surface area contributed by atoms with Gasteiger partial charge in [0.25, 0.3) is 0 Å². The van der Waals surface area contributed by atoms with Crippen LogP contribution >= 0.6 is 0 Å². The van der Waals surface area contributed by atoms with E-state index in [0.29, 0.717) is 6.04 Å². The first-order valence-electron chi connectivity index (χ1n) is 7.52.